The van der Waals surface area contributed by atoms with Crippen LogP contribution in [0.4, 0.5) is 8.78 Å². The molecule has 4 nitrogen and oxygen atoms in total. The van der Waals surface area contributed by atoms with Crippen molar-refractivity contribution in [1.82, 2.24) is 4.90 Å². The lowest BCUT2D eigenvalue weighted by molar-refractivity contribution is -0.138. The number of hydrogen-bond acceptors (Lipinski definition) is 3. The molecule has 96 valence electrons. The van der Waals surface area contributed by atoms with Gasteiger partial charge in [0, 0.05) is 6.42 Å². The van der Waals surface area contributed by atoms with Crippen LogP contribution in [0, 0.1) is 17.2 Å². The van der Waals surface area contributed by atoms with Gasteiger partial charge in [0.25, 0.3) is 5.92 Å². The average Bonchev–Trinajstić information content (AvgIpc) is 2.48. The normalized spacial score (nSPS) is 29.2. The minimum Gasteiger partial charge on any atom is -0.320 e. The molecule has 6 heteroatoms. The van der Waals surface area contributed by atoms with Gasteiger partial charge >= 0.3 is 0 Å². The molecule has 0 bridgehead atoms. The summed E-state index contributed by atoms with van der Waals surface area (Å²) >= 11 is 0. The smallest absolute Gasteiger partial charge is 0.270 e. The topological polar surface area (TPSA) is 70.1 Å². The zero-order chi connectivity index (χ0) is 13.4. The highest BCUT2D eigenvalue weighted by molar-refractivity contribution is 5.83. The Hall–Kier alpha value is -1.22. The van der Waals surface area contributed by atoms with Crippen LogP contribution in [0.2, 0.25) is 0 Å². The summed E-state index contributed by atoms with van der Waals surface area (Å²) in [6, 6.07) is -1.46. The summed E-state index contributed by atoms with van der Waals surface area (Å²) in [5.41, 5.74) is 5.66. The van der Waals surface area contributed by atoms with E-state index in [1.54, 1.807) is 19.9 Å². The maximum atomic E-state index is 13.5. The molecule has 0 unspecified atom stereocenters. The van der Waals surface area contributed by atoms with Gasteiger partial charge in [-0.25, -0.2) is 8.78 Å². The Morgan fingerprint density at radius 3 is 2.53 bits per heavy atom. The Morgan fingerprint density at radius 1 is 1.59 bits per heavy atom. The lowest BCUT2D eigenvalue weighted by Gasteiger charge is -2.29. The number of amides is 1. The fourth-order valence-electron chi connectivity index (χ4n) is 1.91. The quantitative estimate of drug-likeness (QED) is 0.792. The molecule has 0 saturated carbocycles. The summed E-state index contributed by atoms with van der Waals surface area (Å²) in [5, 5.41) is 8.84. The molecule has 1 amide bonds. The van der Waals surface area contributed by atoms with Crippen molar-refractivity contribution < 1.29 is 13.6 Å². The van der Waals surface area contributed by atoms with Crippen molar-refractivity contribution in [2.75, 3.05) is 0 Å². The van der Waals surface area contributed by atoms with E-state index in [0.717, 1.165) is 4.90 Å². The fraction of sp³-hybridized carbons (Fsp3) is 0.818. The first kappa shape index (κ1) is 13.8. The first-order chi connectivity index (χ1) is 7.72. The van der Waals surface area contributed by atoms with Gasteiger partial charge in [0.05, 0.1) is 18.2 Å². The second-order valence-corrected chi connectivity index (χ2v) is 4.80. The Kier molecular flexibility index (Phi) is 3.72. The summed E-state index contributed by atoms with van der Waals surface area (Å²) in [7, 11) is 0. The largest absolute Gasteiger partial charge is 0.320 e. The Morgan fingerprint density at radius 2 is 2.12 bits per heavy atom. The zero-order valence-electron chi connectivity index (χ0n) is 10.2. The van der Waals surface area contributed by atoms with E-state index in [1.807, 2.05) is 0 Å². The van der Waals surface area contributed by atoms with Crippen LogP contribution < -0.4 is 5.73 Å². The van der Waals surface area contributed by atoms with Crippen LogP contribution in [0.25, 0.3) is 0 Å². The van der Waals surface area contributed by atoms with Crippen molar-refractivity contribution in [3.63, 3.8) is 0 Å². The molecule has 0 spiro atoms. The van der Waals surface area contributed by atoms with Crippen molar-refractivity contribution in [2.24, 2.45) is 11.7 Å². The third-order valence-corrected chi connectivity index (χ3v) is 3.24. The molecule has 1 rings (SSSR count). The molecule has 1 saturated heterocycles. The maximum Gasteiger partial charge on any atom is 0.270 e. The number of nitriles is 1. The van der Waals surface area contributed by atoms with Crippen molar-refractivity contribution in [2.45, 2.75) is 51.2 Å². The van der Waals surface area contributed by atoms with Gasteiger partial charge in [-0.1, -0.05) is 13.8 Å². The first-order valence-corrected chi connectivity index (χ1v) is 5.57. The van der Waals surface area contributed by atoms with E-state index < -0.39 is 36.4 Å². The van der Waals surface area contributed by atoms with Gasteiger partial charge in [0.15, 0.2) is 0 Å². The monoisotopic (exact) mass is 245 g/mol. The van der Waals surface area contributed by atoms with Gasteiger partial charge in [-0.2, -0.15) is 5.26 Å². The van der Waals surface area contributed by atoms with E-state index in [2.05, 4.69) is 0 Å². The summed E-state index contributed by atoms with van der Waals surface area (Å²) in [6.07, 6.45) is -0.610. The van der Waals surface area contributed by atoms with Gasteiger partial charge in [-0.05, 0) is 12.8 Å². The van der Waals surface area contributed by atoms with Crippen LogP contribution in [-0.4, -0.2) is 34.9 Å². The molecular formula is C11H17F2N3O. The van der Waals surface area contributed by atoms with E-state index in [9.17, 15) is 13.6 Å². The van der Waals surface area contributed by atoms with Gasteiger partial charge in [-0.15, -0.1) is 0 Å². The zero-order valence-corrected chi connectivity index (χ0v) is 10.2. The Bertz CT molecular complexity index is 351. The lowest BCUT2D eigenvalue weighted by atomic mass is 10.0. The van der Waals surface area contributed by atoms with E-state index in [4.69, 9.17) is 11.0 Å². The number of carbonyl (C=O) groups excluding carboxylic acids is 1. The molecular weight excluding hydrogens is 228 g/mol. The number of halogens is 2. The molecule has 0 aliphatic carbocycles. The molecule has 3 atom stereocenters. The highest BCUT2D eigenvalue weighted by Crippen LogP contribution is 2.38. The summed E-state index contributed by atoms with van der Waals surface area (Å²) < 4.78 is 26.9. The molecule has 17 heavy (non-hydrogen) atoms. The molecule has 1 aliphatic rings. The van der Waals surface area contributed by atoms with Gasteiger partial charge in [0.1, 0.15) is 6.04 Å². The second-order valence-electron chi connectivity index (χ2n) is 4.80. The second kappa shape index (κ2) is 4.57. The van der Waals surface area contributed by atoms with Gasteiger partial charge < -0.3 is 10.6 Å². The van der Waals surface area contributed by atoms with Crippen molar-refractivity contribution in [1.29, 1.82) is 5.26 Å². The summed E-state index contributed by atoms with van der Waals surface area (Å²) in [6.45, 7) is 4.73. The van der Waals surface area contributed by atoms with Gasteiger partial charge in [-0.3, -0.25) is 4.79 Å². The number of rotatable bonds is 2. The third-order valence-electron chi connectivity index (χ3n) is 3.24. The van der Waals surface area contributed by atoms with Crippen LogP contribution in [0.5, 0.6) is 0 Å². The van der Waals surface area contributed by atoms with E-state index in [-0.39, 0.29) is 5.92 Å². The minimum atomic E-state index is -3.02. The highest BCUT2D eigenvalue weighted by atomic mass is 19.3. The predicted molar refractivity (Wildman–Crippen MR) is 58.1 cm³/mol. The Balaban J connectivity index is 2.96. The molecule has 1 heterocycles. The molecule has 0 aromatic carbocycles. The fourth-order valence-corrected chi connectivity index (χ4v) is 1.91. The molecule has 2 N–H and O–H groups in total. The number of likely N-dealkylation sites (tertiary alicyclic amines) is 1. The molecule has 0 radical (unpaired) electrons. The SMILES string of the molecule is CC(C)[C@@H](N)C(=O)N1[C@H](C#N)CC(F)(F)[C@@H]1C. The van der Waals surface area contributed by atoms with E-state index in [0.29, 0.717) is 0 Å². The lowest BCUT2D eigenvalue weighted by Crippen LogP contribution is -2.52. The standard InChI is InChI=1S/C11H17F2N3O/c1-6(2)9(15)10(17)16-7(3)11(12,13)4-8(16)5-14/h6-9H,4,15H2,1-3H3/t7-,8-,9+/m0/s1. The first-order valence-electron chi connectivity index (χ1n) is 5.57. The van der Waals surface area contributed by atoms with Crippen molar-refractivity contribution in [3.8, 4) is 6.07 Å². The van der Waals surface area contributed by atoms with Crippen LogP contribution in [0.15, 0.2) is 0 Å². The number of carbonyl (C=O) groups is 1. The average molecular weight is 245 g/mol. The van der Waals surface area contributed by atoms with E-state index >= 15 is 0 Å². The van der Waals surface area contributed by atoms with Gasteiger partial charge in [0.2, 0.25) is 5.91 Å². The third kappa shape index (κ3) is 2.39. The molecule has 0 aromatic heterocycles. The highest BCUT2D eigenvalue weighted by Gasteiger charge is 2.54. The van der Waals surface area contributed by atoms with Crippen LogP contribution in [-0.2, 0) is 4.79 Å². The Labute approximate surface area is 99.4 Å². The van der Waals surface area contributed by atoms with E-state index in [1.165, 1.54) is 6.92 Å². The van der Waals surface area contributed by atoms with Crippen LogP contribution in [0.1, 0.15) is 27.2 Å². The number of alkyl halides is 2. The molecule has 1 fully saturated rings. The van der Waals surface area contributed by atoms with Crippen molar-refractivity contribution in [3.05, 3.63) is 0 Å². The van der Waals surface area contributed by atoms with Crippen LogP contribution in [0.3, 0.4) is 0 Å². The number of nitrogens with zero attached hydrogens (tertiary/aromatic N) is 2. The summed E-state index contributed by atoms with van der Waals surface area (Å²) in [5.74, 6) is -3.74. The number of hydrogen-bond donors (Lipinski definition) is 1. The number of nitrogens with two attached hydrogens (primary N) is 1. The summed E-state index contributed by atoms with van der Waals surface area (Å²) in [4.78, 5) is 12.9. The van der Waals surface area contributed by atoms with Crippen molar-refractivity contribution >= 4 is 5.91 Å². The van der Waals surface area contributed by atoms with Crippen LogP contribution >= 0.6 is 0 Å². The minimum absolute atomic E-state index is 0.150. The maximum absolute atomic E-state index is 13.5. The molecule has 0 aromatic rings. The predicted octanol–water partition coefficient (Wildman–Crippen LogP) is 1.12. The molecule has 1 aliphatic heterocycles.